The summed E-state index contributed by atoms with van der Waals surface area (Å²) in [5.41, 5.74) is 1.86. The number of carbonyl (C=O) groups excluding carboxylic acids is 2. The van der Waals surface area contributed by atoms with Gasteiger partial charge in [0.1, 0.15) is 5.82 Å². The maximum atomic E-state index is 13.8. The lowest BCUT2D eigenvalue weighted by Gasteiger charge is -2.24. The van der Waals surface area contributed by atoms with Crippen LogP contribution in [-0.4, -0.2) is 43.8 Å². The molecule has 7 nitrogen and oxygen atoms in total. The molecule has 3 aromatic rings. The molecule has 1 aliphatic rings. The molecule has 9 heteroatoms. The molecule has 2 amide bonds. The lowest BCUT2D eigenvalue weighted by atomic mass is 10.1. The Morgan fingerprint density at radius 2 is 2.00 bits per heavy atom. The first-order valence-electron chi connectivity index (χ1n) is 11.0. The van der Waals surface area contributed by atoms with Gasteiger partial charge in [0.15, 0.2) is 11.0 Å². The highest BCUT2D eigenvalue weighted by Crippen LogP contribution is 2.34. The Kier molecular flexibility index (Phi) is 7.08. The van der Waals surface area contributed by atoms with Crippen LogP contribution in [0.4, 0.5) is 10.1 Å². The summed E-state index contributed by atoms with van der Waals surface area (Å²) in [6.07, 6.45) is 1.71. The topological polar surface area (TPSA) is 80.1 Å². The molecule has 0 saturated carbocycles. The van der Waals surface area contributed by atoms with Crippen LogP contribution in [0.15, 0.2) is 53.7 Å². The molecule has 0 spiro atoms. The standard InChI is InChI=1S/C24H26FN5O2S/c1-3-29-22(20-12-7-13-30(20)23(32)17-9-6-8-16(2)14-17)27-28-24(29)33-15-21(31)26-19-11-5-4-10-18(19)25/h4-6,8-11,14,20H,3,7,12-13,15H2,1-2H3,(H,26,31). The largest absolute Gasteiger partial charge is 0.328 e. The molecule has 1 N–H and O–H groups in total. The van der Waals surface area contributed by atoms with Crippen molar-refractivity contribution in [3.8, 4) is 0 Å². The van der Waals surface area contributed by atoms with Crippen molar-refractivity contribution >= 4 is 29.3 Å². The normalized spacial score (nSPS) is 15.6. The first kappa shape index (κ1) is 23.0. The number of anilines is 1. The van der Waals surface area contributed by atoms with Crippen molar-refractivity contribution in [3.05, 3.63) is 71.3 Å². The quantitative estimate of drug-likeness (QED) is 0.519. The molecule has 1 aliphatic heterocycles. The molecule has 1 saturated heterocycles. The van der Waals surface area contributed by atoms with Crippen LogP contribution in [0.2, 0.25) is 0 Å². The van der Waals surface area contributed by atoms with E-state index in [2.05, 4.69) is 15.5 Å². The Bertz CT molecular complexity index is 1170. The second-order valence-corrected chi connectivity index (χ2v) is 8.87. The van der Waals surface area contributed by atoms with Gasteiger partial charge >= 0.3 is 0 Å². The van der Waals surface area contributed by atoms with Crippen molar-refractivity contribution in [2.75, 3.05) is 17.6 Å². The van der Waals surface area contributed by atoms with Gasteiger partial charge in [-0.1, -0.05) is 41.6 Å². The number of carbonyl (C=O) groups is 2. The van der Waals surface area contributed by atoms with Gasteiger partial charge in [-0.3, -0.25) is 9.59 Å². The summed E-state index contributed by atoms with van der Waals surface area (Å²) in [4.78, 5) is 27.4. The van der Waals surface area contributed by atoms with Gasteiger partial charge in [0.05, 0.1) is 17.5 Å². The molecule has 172 valence electrons. The van der Waals surface area contributed by atoms with Gasteiger partial charge in [-0.15, -0.1) is 10.2 Å². The zero-order valence-electron chi connectivity index (χ0n) is 18.6. The van der Waals surface area contributed by atoms with E-state index in [0.717, 1.165) is 24.2 Å². The Hall–Kier alpha value is -3.20. The molecule has 2 heterocycles. The second-order valence-electron chi connectivity index (χ2n) is 7.93. The smallest absolute Gasteiger partial charge is 0.254 e. The summed E-state index contributed by atoms with van der Waals surface area (Å²) in [6.45, 7) is 5.24. The number of rotatable bonds is 7. The maximum absolute atomic E-state index is 13.8. The monoisotopic (exact) mass is 467 g/mol. The first-order chi connectivity index (χ1) is 16.0. The third-order valence-electron chi connectivity index (χ3n) is 5.62. The molecule has 33 heavy (non-hydrogen) atoms. The third-order valence-corrected chi connectivity index (χ3v) is 6.59. The number of amides is 2. The van der Waals surface area contributed by atoms with Crippen LogP contribution >= 0.6 is 11.8 Å². The number of halogens is 1. The van der Waals surface area contributed by atoms with Crippen LogP contribution < -0.4 is 5.32 Å². The molecule has 2 aromatic carbocycles. The number of nitrogens with zero attached hydrogens (tertiary/aromatic N) is 4. The minimum atomic E-state index is -0.477. The van der Waals surface area contributed by atoms with Gasteiger partial charge in [0.2, 0.25) is 5.91 Å². The lowest BCUT2D eigenvalue weighted by molar-refractivity contribution is -0.113. The summed E-state index contributed by atoms with van der Waals surface area (Å²) < 4.78 is 15.7. The van der Waals surface area contributed by atoms with E-state index >= 15 is 0 Å². The molecule has 1 atom stereocenters. The average Bonchev–Trinajstić information content (AvgIpc) is 3.45. The minimum absolute atomic E-state index is 0.00896. The highest BCUT2D eigenvalue weighted by molar-refractivity contribution is 7.99. The number of nitrogens with one attached hydrogen (secondary N) is 1. The van der Waals surface area contributed by atoms with Gasteiger partial charge in [-0.25, -0.2) is 4.39 Å². The molecule has 1 unspecified atom stereocenters. The Morgan fingerprint density at radius 3 is 2.76 bits per heavy atom. The van der Waals surface area contributed by atoms with E-state index in [-0.39, 0.29) is 29.3 Å². The van der Waals surface area contributed by atoms with Gasteiger partial charge in [-0.2, -0.15) is 0 Å². The molecule has 0 radical (unpaired) electrons. The van der Waals surface area contributed by atoms with Crippen molar-refractivity contribution in [1.82, 2.24) is 19.7 Å². The Balaban J connectivity index is 1.47. The fourth-order valence-corrected chi connectivity index (χ4v) is 4.86. The predicted molar refractivity (Wildman–Crippen MR) is 126 cm³/mol. The van der Waals surface area contributed by atoms with Crippen LogP contribution in [0, 0.1) is 12.7 Å². The number of hydrogen-bond donors (Lipinski definition) is 1. The van der Waals surface area contributed by atoms with Crippen molar-refractivity contribution in [3.63, 3.8) is 0 Å². The van der Waals surface area contributed by atoms with E-state index in [4.69, 9.17) is 0 Å². The highest BCUT2D eigenvalue weighted by Gasteiger charge is 2.34. The summed E-state index contributed by atoms with van der Waals surface area (Å²) in [7, 11) is 0. The summed E-state index contributed by atoms with van der Waals surface area (Å²) in [6, 6.07) is 13.5. The fraction of sp³-hybridized carbons (Fsp3) is 0.333. The van der Waals surface area contributed by atoms with E-state index in [1.54, 1.807) is 12.1 Å². The number of benzene rings is 2. The fourth-order valence-electron chi connectivity index (χ4n) is 4.05. The SMILES string of the molecule is CCn1c(SCC(=O)Nc2ccccc2F)nnc1C1CCCN1C(=O)c1cccc(C)c1. The van der Waals surface area contributed by atoms with Gasteiger partial charge in [-0.05, 0) is 51.0 Å². The lowest BCUT2D eigenvalue weighted by Crippen LogP contribution is -2.32. The molecule has 1 aromatic heterocycles. The molecule has 0 bridgehead atoms. The summed E-state index contributed by atoms with van der Waals surface area (Å²) in [5.74, 6) is -0.00879. The highest BCUT2D eigenvalue weighted by atomic mass is 32.2. The Morgan fingerprint density at radius 1 is 1.18 bits per heavy atom. The average molecular weight is 468 g/mol. The van der Waals surface area contributed by atoms with Crippen LogP contribution in [0.3, 0.4) is 0 Å². The van der Waals surface area contributed by atoms with Crippen LogP contribution in [0.5, 0.6) is 0 Å². The van der Waals surface area contributed by atoms with E-state index in [1.165, 1.54) is 23.9 Å². The predicted octanol–water partition coefficient (Wildman–Crippen LogP) is 4.45. The number of thioether (sulfide) groups is 1. The summed E-state index contributed by atoms with van der Waals surface area (Å²) in [5, 5.41) is 11.9. The van der Waals surface area contributed by atoms with Gasteiger partial charge in [0.25, 0.3) is 5.91 Å². The zero-order valence-corrected chi connectivity index (χ0v) is 19.4. The van der Waals surface area contributed by atoms with Crippen molar-refractivity contribution in [2.45, 2.75) is 44.4 Å². The van der Waals surface area contributed by atoms with Crippen LogP contribution in [0.25, 0.3) is 0 Å². The maximum Gasteiger partial charge on any atom is 0.254 e. The van der Waals surface area contributed by atoms with E-state index < -0.39 is 5.82 Å². The first-order valence-corrected chi connectivity index (χ1v) is 11.9. The molecule has 1 fully saturated rings. The minimum Gasteiger partial charge on any atom is -0.328 e. The molecule has 0 aliphatic carbocycles. The van der Waals surface area contributed by atoms with E-state index in [1.807, 2.05) is 47.6 Å². The number of likely N-dealkylation sites (tertiary alicyclic amines) is 1. The van der Waals surface area contributed by atoms with Crippen molar-refractivity contribution in [1.29, 1.82) is 0 Å². The van der Waals surface area contributed by atoms with Crippen LogP contribution in [0.1, 0.15) is 47.6 Å². The molecule has 4 rings (SSSR count). The molecular formula is C24H26FN5O2S. The molecular weight excluding hydrogens is 441 g/mol. The summed E-state index contributed by atoms with van der Waals surface area (Å²) >= 11 is 1.24. The number of aromatic nitrogens is 3. The zero-order chi connectivity index (χ0) is 23.4. The van der Waals surface area contributed by atoms with E-state index in [9.17, 15) is 14.0 Å². The van der Waals surface area contributed by atoms with Gasteiger partial charge in [0, 0.05) is 18.7 Å². The number of hydrogen-bond acceptors (Lipinski definition) is 5. The number of aryl methyl sites for hydroxylation is 1. The van der Waals surface area contributed by atoms with E-state index in [0.29, 0.717) is 23.8 Å². The second kappa shape index (κ2) is 10.2. The van der Waals surface area contributed by atoms with Crippen molar-refractivity contribution in [2.24, 2.45) is 0 Å². The third kappa shape index (κ3) is 5.08. The number of para-hydroxylation sites is 1. The van der Waals surface area contributed by atoms with Gasteiger partial charge < -0.3 is 14.8 Å². The van der Waals surface area contributed by atoms with Crippen molar-refractivity contribution < 1.29 is 14.0 Å². The Labute approximate surface area is 196 Å². The van der Waals surface area contributed by atoms with Crippen LogP contribution in [-0.2, 0) is 11.3 Å².